The Hall–Kier alpha value is -2.43. The van der Waals surface area contributed by atoms with E-state index in [-0.39, 0.29) is 29.0 Å². The summed E-state index contributed by atoms with van der Waals surface area (Å²) < 4.78 is 1.90. The minimum absolute atomic E-state index is 0. The van der Waals surface area contributed by atoms with Gasteiger partial charge >= 0.3 is 17.1 Å². The number of aromatic nitrogens is 3. The van der Waals surface area contributed by atoms with Gasteiger partial charge in [0.1, 0.15) is 12.7 Å². The van der Waals surface area contributed by atoms with Gasteiger partial charge in [-0.2, -0.15) is 10.2 Å². The third kappa shape index (κ3) is 6.23. The minimum atomic E-state index is 0. The predicted molar refractivity (Wildman–Crippen MR) is 136 cm³/mol. The van der Waals surface area contributed by atoms with E-state index in [1.165, 1.54) is 11.1 Å². The average Bonchev–Trinajstić information content (AvgIpc) is 3.69. The average molecular weight is 501 g/mol. The van der Waals surface area contributed by atoms with Gasteiger partial charge in [0.2, 0.25) is 0 Å². The Morgan fingerprint density at radius 2 is 1.46 bits per heavy atom. The SMILES string of the molecule is Cc1ccc([C@H]2[C@H](Cn3cncn3)C([C]3[CH][CH][CH][CH]3)=NN2c2ccccc2)cc1.[CH]1[CH][CH][CH][CH]1.[Fe+2]. The molecular formula is C29H27FeN5+2. The van der Waals surface area contributed by atoms with E-state index in [0.29, 0.717) is 6.54 Å². The second-order valence-corrected chi connectivity index (χ2v) is 8.38. The number of para-hydroxylation sites is 1. The first kappa shape index (κ1) is 25.7. The molecular weight excluding hydrogens is 474 g/mol. The van der Waals surface area contributed by atoms with Crippen LogP contribution in [0.3, 0.4) is 0 Å². The molecule has 0 unspecified atom stereocenters. The molecule has 35 heavy (non-hydrogen) atoms. The van der Waals surface area contributed by atoms with Crippen molar-refractivity contribution in [3.8, 4) is 0 Å². The Bertz CT molecular complexity index is 1030. The molecule has 2 aliphatic carbocycles. The number of anilines is 1. The van der Waals surface area contributed by atoms with Crippen molar-refractivity contribution in [3.05, 3.63) is 142 Å². The topological polar surface area (TPSA) is 46.3 Å². The van der Waals surface area contributed by atoms with Crippen LogP contribution in [0.2, 0.25) is 0 Å². The molecule has 0 saturated heterocycles. The molecule has 3 aromatic rings. The zero-order valence-corrected chi connectivity index (χ0v) is 20.6. The van der Waals surface area contributed by atoms with Crippen molar-refractivity contribution in [1.82, 2.24) is 14.8 Å². The fourth-order valence-electron chi connectivity index (χ4n) is 4.36. The summed E-state index contributed by atoms with van der Waals surface area (Å²) in [4.78, 5) is 4.14. The Balaban J connectivity index is 0.000000431. The van der Waals surface area contributed by atoms with Crippen LogP contribution >= 0.6 is 0 Å². The van der Waals surface area contributed by atoms with Crippen molar-refractivity contribution in [2.24, 2.45) is 11.0 Å². The van der Waals surface area contributed by atoms with Gasteiger partial charge < -0.3 is 0 Å². The van der Waals surface area contributed by atoms with Crippen LogP contribution in [0, 0.1) is 76.5 Å². The molecule has 0 N–H and O–H groups in total. The van der Waals surface area contributed by atoms with Gasteiger partial charge in [0, 0.05) is 11.8 Å². The van der Waals surface area contributed by atoms with E-state index < -0.39 is 0 Å². The van der Waals surface area contributed by atoms with Gasteiger partial charge in [0.25, 0.3) is 0 Å². The molecule has 3 aliphatic rings. The van der Waals surface area contributed by atoms with Gasteiger partial charge in [-0.25, -0.2) is 4.98 Å². The Morgan fingerprint density at radius 3 is 2.06 bits per heavy atom. The fraction of sp³-hybridized carbons (Fsp3) is 0.138. The van der Waals surface area contributed by atoms with E-state index in [0.717, 1.165) is 17.3 Å². The van der Waals surface area contributed by atoms with Gasteiger partial charge in [0.15, 0.2) is 0 Å². The quantitative estimate of drug-likeness (QED) is 0.449. The molecule has 0 spiro atoms. The zero-order chi connectivity index (χ0) is 23.2. The van der Waals surface area contributed by atoms with Crippen LogP contribution in [0.15, 0.2) is 72.4 Å². The summed E-state index contributed by atoms with van der Waals surface area (Å²) in [5, 5.41) is 11.7. The number of hydrogen-bond acceptors (Lipinski definition) is 4. The molecule has 6 heteroatoms. The number of rotatable bonds is 5. The number of nitrogens with zero attached hydrogens (tertiary/aromatic N) is 5. The molecule has 1 aliphatic heterocycles. The summed E-state index contributed by atoms with van der Waals surface area (Å²) in [5.74, 6) is 1.30. The van der Waals surface area contributed by atoms with Crippen LogP contribution in [0.5, 0.6) is 0 Å². The molecule has 0 amide bonds. The summed E-state index contributed by atoms with van der Waals surface area (Å²) in [6.07, 6.45) is 21.8. The summed E-state index contributed by atoms with van der Waals surface area (Å²) >= 11 is 0. The Labute approximate surface area is 220 Å². The maximum Gasteiger partial charge on any atom is 2.00 e. The van der Waals surface area contributed by atoms with E-state index in [4.69, 9.17) is 5.10 Å². The third-order valence-corrected chi connectivity index (χ3v) is 6.02. The van der Waals surface area contributed by atoms with Gasteiger partial charge in [-0.3, -0.25) is 9.69 Å². The van der Waals surface area contributed by atoms with E-state index >= 15 is 0 Å². The largest absolute Gasteiger partial charge is 2.00 e. The first-order chi connectivity index (χ1) is 16.8. The molecule has 1 aromatic heterocycles. The second kappa shape index (κ2) is 12.5. The minimum Gasteiger partial charge on any atom is -0.257 e. The van der Waals surface area contributed by atoms with Crippen LogP contribution in [-0.2, 0) is 23.6 Å². The van der Waals surface area contributed by atoms with Gasteiger partial charge in [0.05, 0.1) is 24.0 Å². The third-order valence-electron chi connectivity index (χ3n) is 6.02. The maximum atomic E-state index is 5.13. The van der Waals surface area contributed by atoms with E-state index in [2.05, 4.69) is 96.2 Å². The summed E-state index contributed by atoms with van der Waals surface area (Å²) in [5.41, 5.74) is 4.67. The number of hydrazone groups is 1. The second-order valence-electron chi connectivity index (χ2n) is 8.38. The number of hydrogen-bond donors (Lipinski definition) is 0. The first-order valence-electron chi connectivity index (χ1n) is 11.5. The molecule has 174 valence electrons. The number of aryl methyl sites for hydroxylation is 1. The van der Waals surface area contributed by atoms with Crippen molar-refractivity contribution in [2.45, 2.75) is 19.5 Å². The molecule has 6 rings (SSSR count). The summed E-state index contributed by atoms with van der Waals surface area (Å²) in [7, 11) is 0. The Kier molecular flexibility index (Phi) is 9.17. The predicted octanol–water partition coefficient (Wildman–Crippen LogP) is 5.24. The molecule has 2 heterocycles. The van der Waals surface area contributed by atoms with Crippen molar-refractivity contribution in [2.75, 3.05) is 5.01 Å². The van der Waals surface area contributed by atoms with E-state index in [9.17, 15) is 0 Å². The van der Waals surface area contributed by atoms with Crippen molar-refractivity contribution in [1.29, 1.82) is 0 Å². The molecule has 5 nitrogen and oxygen atoms in total. The summed E-state index contributed by atoms with van der Waals surface area (Å²) in [6.45, 7) is 2.83. The van der Waals surface area contributed by atoms with Crippen molar-refractivity contribution < 1.29 is 17.1 Å². The van der Waals surface area contributed by atoms with Gasteiger partial charge in [-0.1, -0.05) is 48.0 Å². The standard InChI is InChI=1S/C24H22N5.C5H5.Fe/c1-18-11-13-20(14-12-18)24-22(15-28-17-25-16-26-28)23(19-7-5-6-8-19)27-29(24)21-9-3-2-4-10-21;1-2-4-5-3-1;/h2-14,16-17,22,24H,15H2,1H3;1-5H;/q;;+2/t22-,24+;;/m1../s1. The van der Waals surface area contributed by atoms with Crippen LogP contribution in [0.4, 0.5) is 5.69 Å². The molecule has 2 fully saturated rings. The van der Waals surface area contributed by atoms with Crippen LogP contribution in [0.25, 0.3) is 0 Å². The molecule has 2 saturated carbocycles. The zero-order valence-electron chi connectivity index (χ0n) is 19.5. The van der Waals surface area contributed by atoms with Gasteiger partial charge in [-0.05, 0) is 82.4 Å². The van der Waals surface area contributed by atoms with Crippen LogP contribution < -0.4 is 5.01 Å². The van der Waals surface area contributed by atoms with E-state index in [1.807, 2.05) is 42.9 Å². The van der Waals surface area contributed by atoms with E-state index in [1.54, 1.807) is 12.7 Å². The van der Waals surface area contributed by atoms with Crippen LogP contribution in [0.1, 0.15) is 17.2 Å². The Morgan fingerprint density at radius 1 is 0.800 bits per heavy atom. The normalized spacial score (nSPS) is 21.9. The fourth-order valence-corrected chi connectivity index (χ4v) is 4.36. The first-order valence-corrected chi connectivity index (χ1v) is 11.5. The maximum absolute atomic E-state index is 5.13. The molecule has 0 bridgehead atoms. The molecule has 2 aromatic carbocycles. The van der Waals surface area contributed by atoms with Crippen molar-refractivity contribution in [3.63, 3.8) is 0 Å². The number of benzene rings is 2. The van der Waals surface area contributed by atoms with Crippen molar-refractivity contribution >= 4 is 11.4 Å². The summed E-state index contributed by atoms with van der Waals surface area (Å²) in [6, 6.07) is 19.2. The van der Waals surface area contributed by atoms with Crippen LogP contribution in [-0.4, -0.2) is 20.5 Å². The molecule has 2 atom stereocenters. The molecule has 10 radical (unpaired) electrons. The monoisotopic (exact) mass is 501 g/mol. The van der Waals surface area contributed by atoms with Gasteiger partial charge in [-0.15, -0.1) is 0 Å². The smallest absolute Gasteiger partial charge is 0.257 e.